The highest BCUT2D eigenvalue weighted by Gasteiger charge is 2.29. The van der Waals surface area contributed by atoms with Gasteiger partial charge in [0.05, 0.1) is 40.7 Å². The van der Waals surface area contributed by atoms with E-state index >= 15 is 0 Å². The molecule has 36 heavy (non-hydrogen) atoms. The highest BCUT2D eigenvalue weighted by atomic mass is 32.1. The molecule has 0 amide bonds. The zero-order chi connectivity index (χ0) is 25.1. The Kier molecular flexibility index (Phi) is 7.39. The van der Waals surface area contributed by atoms with Crippen LogP contribution in [0.5, 0.6) is 0 Å². The van der Waals surface area contributed by atoms with Crippen molar-refractivity contribution in [1.82, 2.24) is 19.7 Å². The van der Waals surface area contributed by atoms with Crippen LogP contribution in [0.4, 0.5) is 0 Å². The minimum atomic E-state index is 0.160. The first-order valence-electron chi connectivity index (χ1n) is 12.7. The van der Waals surface area contributed by atoms with Gasteiger partial charge >= 0.3 is 0 Å². The number of aromatic nitrogens is 4. The minimum Gasteiger partial charge on any atom is -0.384 e. The van der Waals surface area contributed by atoms with Crippen molar-refractivity contribution in [3.05, 3.63) is 70.1 Å². The fourth-order valence-corrected chi connectivity index (χ4v) is 6.03. The van der Waals surface area contributed by atoms with Gasteiger partial charge in [-0.05, 0) is 56.4 Å². The Morgan fingerprint density at radius 2 is 2.03 bits per heavy atom. The van der Waals surface area contributed by atoms with E-state index < -0.39 is 0 Å². The normalized spacial score (nSPS) is 12.8. The Morgan fingerprint density at radius 3 is 2.78 bits per heavy atom. The van der Waals surface area contributed by atoms with Crippen molar-refractivity contribution in [3.63, 3.8) is 0 Å². The third kappa shape index (κ3) is 4.90. The minimum absolute atomic E-state index is 0.160. The van der Waals surface area contributed by atoms with Gasteiger partial charge in [-0.3, -0.25) is 9.78 Å². The van der Waals surface area contributed by atoms with Crippen LogP contribution < -0.4 is 0 Å². The molecule has 0 spiro atoms. The van der Waals surface area contributed by atoms with E-state index in [4.69, 9.17) is 19.8 Å². The Morgan fingerprint density at radius 1 is 1.17 bits per heavy atom. The summed E-state index contributed by atoms with van der Waals surface area (Å²) in [6.07, 6.45) is 7.61. The van der Waals surface area contributed by atoms with Crippen LogP contribution in [0.1, 0.15) is 53.7 Å². The lowest BCUT2D eigenvalue weighted by molar-refractivity contribution is -0.119. The van der Waals surface area contributed by atoms with Gasteiger partial charge in [-0.25, -0.2) is 9.67 Å². The number of methoxy groups -OCH3 is 1. The summed E-state index contributed by atoms with van der Waals surface area (Å²) in [5.41, 5.74) is 8.79. The third-order valence-electron chi connectivity index (χ3n) is 6.66. The predicted octanol–water partition coefficient (Wildman–Crippen LogP) is 5.96. The molecular formula is C29H32N4O2S. The second kappa shape index (κ2) is 10.8. The second-order valence-corrected chi connectivity index (χ2v) is 10.4. The largest absolute Gasteiger partial charge is 0.384 e. The first-order chi connectivity index (χ1) is 17.6. The average Bonchev–Trinajstić information content (AvgIpc) is 3.40. The van der Waals surface area contributed by atoms with E-state index in [0.29, 0.717) is 19.4 Å². The Labute approximate surface area is 216 Å². The van der Waals surface area contributed by atoms with Crippen LogP contribution in [0.25, 0.3) is 27.5 Å². The van der Waals surface area contributed by atoms with Gasteiger partial charge < -0.3 is 4.74 Å². The lowest BCUT2D eigenvalue weighted by Gasteiger charge is -2.10. The van der Waals surface area contributed by atoms with Crippen LogP contribution >= 0.6 is 11.3 Å². The maximum absolute atomic E-state index is 12.5. The lowest BCUT2D eigenvalue weighted by Crippen LogP contribution is -2.06. The fraction of sp³-hybridized carbons (Fsp3) is 0.379. The SMILES string of the molecule is CCCc1ccc(-c2nn(-c3ccccc3C)c3c2CCCc2nc(CC(=O)CCOC)sc2-3)cn1. The number of carbonyl (C=O) groups is 1. The van der Waals surface area contributed by atoms with Crippen molar-refractivity contribution in [2.75, 3.05) is 13.7 Å². The number of ketones is 1. The molecule has 5 rings (SSSR count). The standard InChI is InChI=1S/C29H32N4O2S/c1-4-8-21-14-13-20(18-30-21)27-23-10-7-11-24-29(36-26(31-24)17-22(34)15-16-35-3)28(23)33(32-27)25-12-6-5-9-19(25)2/h5-6,9,12-14,18H,4,7-8,10-11,15-17H2,1-3H3. The number of hydrogen-bond donors (Lipinski definition) is 0. The topological polar surface area (TPSA) is 69.9 Å². The summed E-state index contributed by atoms with van der Waals surface area (Å²) in [7, 11) is 1.62. The number of Topliss-reactive ketones (excluding diaryl/α,β-unsaturated/α-hetero) is 1. The van der Waals surface area contributed by atoms with Crippen molar-refractivity contribution in [2.24, 2.45) is 0 Å². The molecule has 186 valence electrons. The molecule has 0 radical (unpaired) electrons. The zero-order valence-electron chi connectivity index (χ0n) is 21.2. The Bertz CT molecular complexity index is 1370. The van der Waals surface area contributed by atoms with Gasteiger partial charge in [0.2, 0.25) is 0 Å². The van der Waals surface area contributed by atoms with Crippen LogP contribution in [0, 0.1) is 6.92 Å². The number of fused-ring (bicyclic) bond motifs is 3. The first kappa shape index (κ1) is 24.5. The summed E-state index contributed by atoms with van der Waals surface area (Å²) in [6.45, 7) is 4.74. The van der Waals surface area contributed by atoms with E-state index in [1.54, 1.807) is 18.4 Å². The Balaban J connectivity index is 1.64. The molecule has 0 aliphatic heterocycles. The van der Waals surface area contributed by atoms with Crippen molar-refractivity contribution < 1.29 is 9.53 Å². The molecule has 4 aromatic rings. The van der Waals surface area contributed by atoms with Crippen LogP contribution in [-0.2, 0) is 35.2 Å². The van der Waals surface area contributed by atoms with Crippen LogP contribution in [0.2, 0.25) is 0 Å². The summed E-state index contributed by atoms with van der Waals surface area (Å²) >= 11 is 1.64. The number of aryl methyl sites for hydroxylation is 3. The van der Waals surface area contributed by atoms with Gasteiger partial charge in [0, 0.05) is 36.5 Å². The maximum Gasteiger partial charge on any atom is 0.141 e. The molecule has 3 aromatic heterocycles. The van der Waals surface area contributed by atoms with Crippen molar-refractivity contribution >= 4 is 17.1 Å². The number of para-hydroxylation sites is 1. The number of pyridine rings is 1. The quantitative estimate of drug-likeness (QED) is 0.284. The van der Waals surface area contributed by atoms with E-state index in [1.807, 2.05) is 6.20 Å². The van der Waals surface area contributed by atoms with Gasteiger partial charge in [0.25, 0.3) is 0 Å². The number of carbonyl (C=O) groups excluding carboxylic acids is 1. The number of nitrogens with zero attached hydrogens (tertiary/aromatic N) is 4. The predicted molar refractivity (Wildman–Crippen MR) is 144 cm³/mol. The van der Waals surface area contributed by atoms with Gasteiger partial charge in [-0.2, -0.15) is 5.10 Å². The number of ether oxygens (including phenoxy) is 1. The molecule has 0 saturated heterocycles. The Hall–Kier alpha value is -3.16. The van der Waals surface area contributed by atoms with Crippen LogP contribution in [0.15, 0.2) is 42.6 Å². The maximum atomic E-state index is 12.5. The summed E-state index contributed by atoms with van der Waals surface area (Å²) in [4.78, 5) is 23.2. The molecule has 1 aliphatic carbocycles. The number of benzene rings is 1. The third-order valence-corrected chi connectivity index (χ3v) is 7.77. The number of thiazole rings is 1. The molecule has 0 saturated carbocycles. The highest BCUT2D eigenvalue weighted by molar-refractivity contribution is 7.15. The summed E-state index contributed by atoms with van der Waals surface area (Å²) in [5, 5.41) is 6.07. The summed E-state index contributed by atoms with van der Waals surface area (Å²) in [5.74, 6) is 0.160. The molecule has 1 aromatic carbocycles. The van der Waals surface area contributed by atoms with Crippen molar-refractivity contribution in [2.45, 2.75) is 58.8 Å². The molecule has 0 atom stereocenters. The lowest BCUT2D eigenvalue weighted by atomic mass is 10.0. The molecule has 0 bridgehead atoms. The highest BCUT2D eigenvalue weighted by Crippen LogP contribution is 2.42. The van der Waals surface area contributed by atoms with E-state index in [1.165, 1.54) is 5.56 Å². The monoisotopic (exact) mass is 500 g/mol. The smallest absolute Gasteiger partial charge is 0.141 e. The van der Waals surface area contributed by atoms with Crippen molar-refractivity contribution in [1.29, 1.82) is 0 Å². The zero-order valence-corrected chi connectivity index (χ0v) is 22.0. The molecule has 0 unspecified atom stereocenters. The molecule has 0 fully saturated rings. The van der Waals surface area contributed by atoms with Crippen LogP contribution in [-0.4, -0.2) is 39.2 Å². The van der Waals surface area contributed by atoms with Gasteiger partial charge in [0.15, 0.2) is 0 Å². The molecule has 3 heterocycles. The van der Waals surface area contributed by atoms with Crippen LogP contribution in [0.3, 0.4) is 0 Å². The molecule has 1 aliphatic rings. The van der Waals surface area contributed by atoms with Gasteiger partial charge in [-0.15, -0.1) is 11.3 Å². The molecular weight excluding hydrogens is 468 g/mol. The first-order valence-corrected chi connectivity index (χ1v) is 13.5. The van der Waals surface area contributed by atoms with E-state index in [-0.39, 0.29) is 5.78 Å². The van der Waals surface area contributed by atoms with Gasteiger partial charge in [-0.1, -0.05) is 31.5 Å². The number of rotatable bonds is 9. The number of hydrogen-bond acceptors (Lipinski definition) is 6. The van der Waals surface area contributed by atoms with Crippen molar-refractivity contribution in [3.8, 4) is 27.5 Å². The summed E-state index contributed by atoms with van der Waals surface area (Å²) < 4.78 is 7.18. The summed E-state index contributed by atoms with van der Waals surface area (Å²) in [6, 6.07) is 12.6. The van der Waals surface area contributed by atoms with E-state index in [9.17, 15) is 4.79 Å². The second-order valence-electron chi connectivity index (χ2n) is 9.36. The van der Waals surface area contributed by atoms with Gasteiger partial charge in [0.1, 0.15) is 10.8 Å². The fourth-order valence-electron chi connectivity index (χ4n) is 4.83. The molecule has 7 heteroatoms. The molecule has 6 nitrogen and oxygen atoms in total. The molecule has 0 N–H and O–H groups in total. The van der Waals surface area contributed by atoms with E-state index in [2.05, 4.69) is 54.9 Å². The van der Waals surface area contributed by atoms with E-state index in [0.717, 1.165) is 81.6 Å². The average molecular weight is 501 g/mol.